The number of carbonyl (C=O) groups is 1. The molecule has 1 rings (SSSR count). The van der Waals surface area contributed by atoms with Crippen molar-refractivity contribution >= 4 is 11.6 Å². The van der Waals surface area contributed by atoms with E-state index in [-0.39, 0.29) is 5.91 Å². The van der Waals surface area contributed by atoms with E-state index in [4.69, 9.17) is 5.26 Å². The number of nitrogens with one attached hydrogen (secondary N) is 1. The topological polar surface area (TPSA) is 52.9 Å². The Morgan fingerprint density at radius 1 is 1.41 bits per heavy atom. The van der Waals surface area contributed by atoms with Crippen LogP contribution in [0.15, 0.2) is 24.3 Å². The van der Waals surface area contributed by atoms with Crippen LogP contribution in [0, 0.1) is 17.2 Å². The molecule has 1 unspecified atom stereocenters. The molecule has 0 aliphatic heterocycles. The minimum Gasteiger partial charge on any atom is -0.325 e. The van der Waals surface area contributed by atoms with Gasteiger partial charge in [0, 0.05) is 5.69 Å². The molecule has 1 N–H and O–H groups in total. The van der Waals surface area contributed by atoms with Crippen LogP contribution in [0.5, 0.6) is 0 Å². The van der Waals surface area contributed by atoms with Gasteiger partial charge in [0.1, 0.15) is 5.92 Å². The Morgan fingerprint density at radius 2 is 2.06 bits per heavy atom. The average Bonchev–Trinajstić information content (AvgIpc) is 2.31. The van der Waals surface area contributed by atoms with Gasteiger partial charge in [-0.2, -0.15) is 5.26 Å². The molecule has 0 saturated carbocycles. The number of nitrogens with zero attached hydrogens (tertiary/aromatic N) is 1. The van der Waals surface area contributed by atoms with Crippen molar-refractivity contribution in [1.82, 2.24) is 0 Å². The number of carbonyl (C=O) groups excluding carboxylic acids is 1. The zero-order chi connectivity index (χ0) is 12.8. The minimum atomic E-state index is -0.574. The zero-order valence-corrected chi connectivity index (χ0v) is 10.5. The van der Waals surface area contributed by atoms with E-state index >= 15 is 0 Å². The largest absolute Gasteiger partial charge is 0.325 e. The van der Waals surface area contributed by atoms with Crippen LogP contribution in [0.25, 0.3) is 0 Å². The molecular weight excluding hydrogens is 212 g/mol. The summed E-state index contributed by atoms with van der Waals surface area (Å²) < 4.78 is 0. The zero-order valence-electron chi connectivity index (χ0n) is 10.5. The summed E-state index contributed by atoms with van der Waals surface area (Å²) in [5.41, 5.74) is 1.90. The fourth-order valence-electron chi connectivity index (χ4n) is 1.67. The lowest BCUT2D eigenvalue weighted by Crippen LogP contribution is -2.21. The highest BCUT2D eigenvalue weighted by atomic mass is 16.1. The second-order valence-corrected chi connectivity index (χ2v) is 4.32. The molecule has 0 spiro atoms. The van der Waals surface area contributed by atoms with Crippen LogP contribution in [-0.4, -0.2) is 5.91 Å². The summed E-state index contributed by atoms with van der Waals surface area (Å²) in [5, 5.41) is 11.7. The van der Waals surface area contributed by atoms with Crippen molar-refractivity contribution in [2.75, 3.05) is 5.32 Å². The second kappa shape index (κ2) is 6.05. The van der Waals surface area contributed by atoms with Gasteiger partial charge in [-0.05, 0) is 24.0 Å². The fraction of sp³-hybridized carbons (Fsp3) is 0.429. The molecule has 1 aromatic carbocycles. The van der Waals surface area contributed by atoms with E-state index < -0.39 is 5.92 Å². The first-order chi connectivity index (χ1) is 8.10. The summed E-state index contributed by atoms with van der Waals surface area (Å²) in [5.74, 6) is -0.452. The van der Waals surface area contributed by atoms with Crippen molar-refractivity contribution in [1.29, 1.82) is 5.26 Å². The van der Waals surface area contributed by atoms with Gasteiger partial charge in [-0.15, -0.1) is 0 Å². The molecule has 17 heavy (non-hydrogen) atoms. The van der Waals surface area contributed by atoms with E-state index in [1.165, 1.54) is 0 Å². The molecule has 1 atom stereocenters. The van der Waals surface area contributed by atoms with Crippen LogP contribution in [-0.2, 0) is 4.79 Å². The number of anilines is 1. The van der Waals surface area contributed by atoms with Crippen LogP contribution in [0.3, 0.4) is 0 Å². The lowest BCUT2D eigenvalue weighted by molar-refractivity contribution is -0.118. The van der Waals surface area contributed by atoms with Gasteiger partial charge >= 0.3 is 0 Å². The van der Waals surface area contributed by atoms with Crippen LogP contribution in [0.4, 0.5) is 5.69 Å². The van der Waals surface area contributed by atoms with E-state index in [0.717, 1.165) is 11.3 Å². The number of amides is 1. The van der Waals surface area contributed by atoms with Crippen LogP contribution in [0.1, 0.15) is 38.7 Å². The van der Waals surface area contributed by atoms with Gasteiger partial charge in [-0.3, -0.25) is 4.79 Å². The van der Waals surface area contributed by atoms with Crippen molar-refractivity contribution in [3.8, 4) is 6.07 Å². The molecule has 3 heteroatoms. The maximum Gasteiger partial charge on any atom is 0.241 e. The number of nitriles is 1. The molecule has 1 amide bonds. The molecule has 0 aliphatic rings. The van der Waals surface area contributed by atoms with Gasteiger partial charge in [-0.1, -0.05) is 39.0 Å². The van der Waals surface area contributed by atoms with Gasteiger partial charge < -0.3 is 5.32 Å². The maximum absolute atomic E-state index is 11.8. The van der Waals surface area contributed by atoms with Crippen molar-refractivity contribution in [3.63, 3.8) is 0 Å². The van der Waals surface area contributed by atoms with Crippen LogP contribution < -0.4 is 5.32 Å². The third-order valence-corrected chi connectivity index (χ3v) is 2.72. The Balaban J connectivity index is 2.89. The Labute approximate surface area is 102 Å². The quantitative estimate of drug-likeness (QED) is 0.862. The van der Waals surface area contributed by atoms with Gasteiger partial charge in [0.05, 0.1) is 6.07 Å². The van der Waals surface area contributed by atoms with E-state index in [9.17, 15) is 4.79 Å². The Bertz CT molecular complexity index is 432. The summed E-state index contributed by atoms with van der Waals surface area (Å²) >= 11 is 0. The molecule has 0 heterocycles. The van der Waals surface area contributed by atoms with Crippen molar-refractivity contribution < 1.29 is 4.79 Å². The summed E-state index contributed by atoms with van der Waals surface area (Å²) in [6.45, 7) is 5.99. The van der Waals surface area contributed by atoms with Crippen molar-refractivity contribution in [3.05, 3.63) is 29.8 Å². The molecule has 0 radical (unpaired) electrons. The van der Waals surface area contributed by atoms with E-state index in [2.05, 4.69) is 19.2 Å². The standard InChI is InChI=1S/C14H18N2O/c1-4-11(9-15)14(17)16-13-8-6-5-7-12(13)10(2)3/h5-8,10-11H,4H2,1-3H3,(H,16,17). The molecule has 0 saturated heterocycles. The smallest absolute Gasteiger partial charge is 0.241 e. The van der Waals surface area contributed by atoms with Crippen LogP contribution in [0.2, 0.25) is 0 Å². The number of para-hydroxylation sites is 1. The molecule has 0 bridgehead atoms. The maximum atomic E-state index is 11.8. The molecule has 0 fully saturated rings. The lowest BCUT2D eigenvalue weighted by Gasteiger charge is -2.14. The average molecular weight is 230 g/mol. The van der Waals surface area contributed by atoms with Gasteiger partial charge in [0.15, 0.2) is 0 Å². The third-order valence-electron chi connectivity index (χ3n) is 2.72. The number of hydrogen-bond acceptors (Lipinski definition) is 2. The van der Waals surface area contributed by atoms with E-state index in [1.54, 1.807) is 0 Å². The fourth-order valence-corrected chi connectivity index (χ4v) is 1.67. The molecule has 90 valence electrons. The Morgan fingerprint density at radius 3 is 2.59 bits per heavy atom. The Hall–Kier alpha value is -1.82. The number of benzene rings is 1. The first-order valence-corrected chi connectivity index (χ1v) is 5.89. The molecule has 3 nitrogen and oxygen atoms in total. The minimum absolute atomic E-state index is 0.219. The van der Waals surface area contributed by atoms with Crippen molar-refractivity contribution in [2.45, 2.75) is 33.1 Å². The van der Waals surface area contributed by atoms with Gasteiger partial charge in [-0.25, -0.2) is 0 Å². The molecule has 0 aliphatic carbocycles. The van der Waals surface area contributed by atoms with E-state index in [0.29, 0.717) is 12.3 Å². The van der Waals surface area contributed by atoms with Gasteiger partial charge in [0.2, 0.25) is 5.91 Å². The SMILES string of the molecule is CCC(C#N)C(=O)Nc1ccccc1C(C)C. The molecule has 0 aromatic heterocycles. The summed E-state index contributed by atoms with van der Waals surface area (Å²) in [6, 6.07) is 9.71. The highest BCUT2D eigenvalue weighted by Gasteiger charge is 2.17. The Kier molecular flexibility index (Phi) is 4.71. The third kappa shape index (κ3) is 3.32. The monoisotopic (exact) mass is 230 g/mol. The summed E-state index contributed by atoms with van der Waals surface area (Å²) in [7, 11) is 0. The number of hydrogen-bond donors (Lipinski definition) is 1. The highest BCUT2D eigenvalue weighted by molar-refractivity contribution is 5.94. The molecular formula is C14H18N2O. The predicted molar refractivity (Wildman–Crippen MR) is 68.6 cm³/mol. The van der Waals surface area contributed by atoms with Gasteiger partial charge in [0.25, 0.3) is 0 Å². The lowest BCUT2D eigenvalue weighted by atomic mass is 10.0. The predicted octanol–water partition coefficient (Wildman–Crippen LogP) is 3.30. The summed E-state index contributed by atoms with van der Waals surface area (Å²) in [4.78, 5) is 11.8. The van der Waals surface area contributed by atoms with E-state index in [1.807, 2.05) is 37.3 Å². The summed E-state index contributed by atoms with van der Waals surface area (Å²) in [6.07, 6.45) is 0.534. The first-order valence-electron chi connectivity index (χ1n) is 5.89. The normalized spacial score (nSPS) is 11.9. The number of rotatable bonds is 4. The van der Waals surface area contributed by atoms with Crippen molar-refractivity contribution in [2.24, 2.45) is 5.92 Å². The van der Waals surface area contributed by atoms with Crippen LogP contribution >= 0.6 is 0 Å². The first kappa shape index (κ1) is 13.2. The molecule has 1 aromatic rings. The second-order valence-electron chi connectivity index (χ2n) is 4.32. The highest BCUT2D eigenvalue weighted by Crippen LogP contribution is 2.24.